The molecule has 2 aromatic rings. The monoisotopic (exact) mass is 378 g/mol. The molecule has 9 heteroatoms. The van der Waals surface area contributed by atoms with Gasteiger partial charge in [0.15, 0.2) is 4.90 Å². The summed E-state index contributed by atoms with van der Waals surface area (Å²) in [5, 5.41) is 0. The molecular formula is C17H22N4O4S. The molecule has 1 saturated heterocycles. The van der Waals surface area contributed by atoms with Crippen LogP contribution in [0.15, 0.2) is 51.0 Å². The summed E-state index contributed by atoms with van der Waals surface area (Å²) in [5.41, 5.74) is -0.505. The van der Waals surface area contributed by atoms with Crippen molar-refractivity contribution < 1.29 is 8.42 Å². The average molecular weight is 378 g/mol. The number of nitrogens with zero attached hydrogens (tertiary/aromatic N) is 4. The van der Waals surface area contributed by atoms with Gasteiger partial charge in [-0.3, -0.25) is 9.36 Å². The zero-order valence-electron chi connectivity index (χ0n) is 15.0. The molecule has 0 aliphatic carbocycles. The fourth-order valence-electron chi connectivity index (χ4n) is 3.22. The molecule has 26 heavy (non-hydrogen) atoms. The Morgan fingerprint density at radius 1 is 1.00 bits per heavy atom. The van der Waals surface area contributed by atoms with E-state index in [1.165, 1.54) is 18.4 Å². The normalized spacial score (nSPS) is 19.6. The van der Waals surface area contributed by atoms with Crippen LogP contribution in [0.2, 0.25) is 0 Å². The fourth-order valence-corrected chi connectivity index (χ4v) is 4.96. The fraction of sp³-hybridized carbons (Fsp3) is 0.412. The number of piperazine rings is 1. The molecule has 0 spiro atoms. The molecule has 8 nitrogen and oxygen atoms in total. The standard InChI is InChI=1S/C17H22N4O4S/c1-18-9-10-21(14(11-18)13-7-5-4-6-8-13)26(24,25)15-12-19(2)17(23)20(3)16(15)22/h4-8,12,14H,9-11H2,1-3H3/t14-/m1/s1. The molecule has 3 rings (SSSR count). The van der Waals surface area contributed by atoms with Crippen LogP contribution >= 0.6 is 0 Å². The first-order valence-electron chi connectivity index (χ1n) is 8.25. The number of hydrogen-bond acceptors (Lipinski definition) is 5. The van der Waals surface area contributed by atoms with Gasteiger partial charge in [0.25, 0.3) is 15.6 Å². The van der Waals surface area contributed by atoms with Crippen molar-refractivity contribution in [2.75, 3.05) is 26.7 Å². The quantitative estimate of drug-likeness (QED) is 0.736. The molecule has 0 radical (unpaired) electrons. The lowest BCUT2D eigenvalue weighted by Gasteiger charge is -2.39. The molecule has 1 aromatic heterocycles. The van der Waals surface area contributed by atoms with Crippen molar-refractivity contribution in [2.24, 2.45) is 14.1 Å². The van der Waals surface area contributed by atoms with Crippen molar-refractivity contribution in [2.45, 2.75) is 10.9 Å². The Balaban J connectivity index is 2.14. The Bertz CT molecular complexity index is 1030. The van der Waals surface area contributed by atoms with Crippen LogP contribution in [-0.2, 0) is 24.1 Å². The minimum atomic E-state index is -4.06. The number of aryl methyl sites for hydroxylation is 1. The van der Waals surface area contributed by atoms with Crippen LogP contribution in [0, 0.1) is 0 Å². The first-order chi connectivity index (χ1) is 12.2. The van der Waals surface area contributed by atoms with Gasteiger partial charge < -0.3 is 9.47 Å². The van der Waals surface area contributed by atoms with E-state index in [9.17, 15) is 18.0 Å². The lowest BCUT2D eigenvalue weighted by atomic mass is 10.1. The molecule has 1 atom stereocenters. The highest BCUT2D eigenvalue weighted by atomic mass is 32.2. The van der Waals surface area contributed by atoms with Crippen molar-refractivity contribution in [3.63, 3.8) is 0 Å². The summed E-state index contributed by atoms with van der Waals surface area (Å²) in [6, 6.07) is 8.95. The van der Waals surface area contributed by atoms with E-state index < -0.39 is 27.3 Å². The molecule has 0 unspecified atom stereocenters. The molecule has 1 aliphatic heterocycles. The van der Waals surface area contributed by atoms with Crippen molar-refractivity contribution in [3.8, 4) is 0 Å². The molecule has 1 aliphatic rings. The molecule has 0 N–H and O–H groups in total. The third kappa shape index (κ3) is 3.13. The molecule has 0 bridgehead atoms. The predicted octanol–water partition coefficient (Wildman–Crippen LogP) is -0.239. The zero-order valence-corrected chi connectivity index (χ0v) is 15.8. The Hall–Kier alpha value is -2.23. The first kappa shape index (κ1) is 18.6. The van der Waals surface area contributed by atoms with Gasteiger partial charge in [0.2, 0.25) is 0 Å². The van der Waals surface area contributed by atoms with Crippen LogP contribution in [0.3, 0.4) is 0 Å². The lowest BCUT2D eigenvalue weighted by Crippen LogP contribution is -2.51. The summed E-state index contributed by atoms with van der Waals surface area (Å²) >= 11 is 0. The van der Waals surface area contributed by atoms with Crippen LogP contribution in [0.4, 0.5) is 0 Å². The molecule has 1 fully saturated rings. The number of benzene rings is 1. The molecule has 2 heterocycles. The van der Waals surface area contributed by atoms with Gasteiger partial charge in [0, 0.05) is 39.9 Å². The van der Waals surface area contributed by atoms with Gasteiger partial charge in [0.05, 0.1) is 6.04 Å². The van der Waals surface area contributed by atoms with Crippen LogP contribution < -0.4 is 11.2 Å². The highest BCUT2D eigenvalue weighted by Crippen LogP contribution is 2.29. The minimum Gasteiger partial charge on any atom is -0.303 e. The molecular weight excluding hydrogens is 356 g/mol. The smallest absolute Gasteiger partial charge is 0.303 e. The van der Waals surface area contributed by atoms with E-state index >= 15 is 0 Å². The highest BCUT2D eigenvalue weighted by molar-refractivity contribution is 7.89. The number of likely N-dealkylation sites (N-methyl/N-ethyl adjacent to an activating group) is 1. The Morgan fingerprint density at radius 2 is 1.65 bits per heavy atom. The number of sulfonamides is 1. The number of rotatable bonds is 3. The molecule has 0 amide bonds. The third-order valence-corrected chi connectivity index (χ3v) is 6.61. The minimum absolute atomic E-state index is 0.268. The Morgan fingerprint density at radius 3 is 2.31 bits per heavy atom. The topological polar surface area (TPSA) is 84.6 Å². The van der Waals surface area contributed by atoms with Crippen molar-refractivity contribution in [1.82, 2.24) is 18.3 Å². The second kappa shape index (κ2) is 6.82. The lowest BCUT2D eigenvalue weighted by molar-refractivity contribution is 0.160. The predicted molar refractivity (Wildman–Crippen MR) is 97.5 cm³/mol. The van der Waals surface area contributed by atoms with Crippen molar-refractivity contribution >= 4 is 10.0 Å². The Labute approximate surface area is 151 Å². The average Bonchev–Trinajstić information content (AvgIpc) is 2.63. The van der Waals surface area contributed by atoms with E-state index in [1.807, 2.05) is 37.4 Å². The van der Waals surface area contributed by atoms with Gasteiger partial charge in [-0.25, -0.2) is 13.2 Å². The van der Waals surface area contributed by atoms with E-state index in [0.29, 0.717) is 13.1 Å². The van der Waals surface area contributed by atoms with Gasteiger partial charge in [-0.15, -0.1) is 0 Å². The highest BCUT2D eigenvalue weighted by Gasteiger charge is 2.38. The number of hydrogen-bond donors (Lipinski definition) is 0. The molecule has 0 saturated carbocycles. The SMILES string of the molecule is CN1CCN(S(=O)(=O)c2cn(C)c(=O)n(C)c2=O)[C@@H](c2ccccc2)C1. The van der Waals surface area contributed by atoms with Gasteiger partial charge in [-0.1, -0.05) is 30.3 Å². The van der Waals surface area contributed by atoms with Gasteiger partial charge in [0.1, 0.15) is 0 Å². The summed E-state index contributed by atoms with van der Waals surface area (Å²) in [4.78, 5) is 26.0. The van der Waals surface area contributed by atoms with Crippen LogP contribution in [-0.4, -0.2) is 53.4 Å². The van der Waals surface area contributed by atoms with E-state index in [0.717, 1.165) is 20.9 Å². The Kier molecular flexibility index (Phi) is 4.87. The van der Waals surface area contributed by atoms with Gasteiger partial charge in [-0.2, -0.15) is 4.31 Å². The van der Waals surface area contributed by atoms with Crippen LogP contribution in [0.1, 0.15) is 11.6 Å². The number of aromatic nitrogens is 2. The van der Waals surface area contributed by atoms with E-state index in [1.54, 1.807) is 0 Å². The summed E-state index contributed by atoms with van der Waals surface area (Å²) in [6.07, 6.45) is 1.11. The van der Waals surface area contributed by atoms with Crippen molar-refractivity contribution in [3.05, 3.63) is 62.9 Å². The maximum absolute atomic E-state index is 13.3. The van der Waals surface area contributed by atoms with Crippen molar-refractivity contribution in [1.29, 1.82) is 0 Å². The maximum atomic E-state index is 13.3. The molecule has 1 aromatic carbocycles. The van der Waals surface area contributed by atoms with Crippen LogP contribution in [0.25, 0.3) is 0 Å². The summed E-state index contributed by atoms with van der Waals surface area (Å²) in [7, 11) is 0.584. The summed E-state index contributed by atoms with van der Waals surface area (Å²) in [5.74, 6) is 0. The maximum Gasteiger partial charge on any atom is 0.330 e. The third-order valence-electron chi connectivity index (χ3n) is 4.72. The molecule has 140 valence electrons. The van der Waals surface area contributed by atoms with Crippen LogP contribution in [0.5, 0.6) is 0 Å². The first-order valence-corrected chi connectivity index (χ1v) is 9.69. The van der Waals surface area contributed by atoms with Gasteiger partial charge >= 0.3 is 5.69 Å². The summed E-state index contributed by atoms with van der Waals surface area (Å²) < 4.78 is 29.9. The summed E-state index contributed by atoms with van der Waals surface area (Å²) in [6.45, 7) is 1.36. The van der Waals surface area contributed by atoms with E-state index in [4.69, 9.17) is 0 Å². The van der Waals surface area contributed by atoms with Gasteiger partial charge in [-0.05, 0) is 12.6 Å². The van der Waals surface area contributed by atoms with E-state index in [-0.39, 0.29) is 11.4 Å². The van der Waals surface area contributed by atoms with E-state index in [2.05, 4.69) is 4.90 Å². The second-order valence-corrected chi connectivity index (χ2v) is 8.41. The largest absolute Gasteiger partial charge is 0.330 e. The second-order valence-electron chi connectivity index (χ2n) is 6.56. The zero-order chi connectivity index (χ0) is 19.1.